The minimum absolute atomic E-state index is 0.0523. The SMILES string of the molecule is COC1(c2noc(CC(N)CC(C)C)n2)CCOCC1. The Morgan fingerprint density at radius 1 is 1.35 bits per heavy atom. The number of hydrogen-bond donors (Lipinski definition) is 1. The summed E-state index contributed by atoms with van der Waals surface area (Å²) in [5, 5.41) is 4.09. The van der Waals surface area contributed by atoms with E-state index in [1.165, 1.54) is 0 Å². The first-order valence-electron chi connectivity index (χ1n) is 7.27. The second kappa shape index (κ2) is 6.65. The van der Waals surface area contributed by atoms with E-state index in [9.17, 15) is 0 Å². The highest BCUT2D eigenvalue weighted by atomic mass is 16.5. The van der Waals surface area contributed by atoms with Crippen LogP contribution >= 0.6 is 0 Å². The zero-order valence-corrected chi connectivity index (χ0v) is 12.6. The number of hydrogen-bond acceptors (Lipinski definition) is 6. The highest BCUT2D eigenvalue weighted by molar-refractivity contribution is 5.03. The summed E-state index contributed by atoms with van der Waals surface area (Å²) in [5.41, 5.74) is 5.61. The fourth-order valence-corrected chi connectivity index (χ4v) is 2.66. The molecular weight excluding hydrogens is 258 g/mol. The molecule has 0 bridgehead atoms. The first-order valence-corrected chi connectivity index (χ1v) is 7.27. The van der Waals surface area contributed by atoms with Crippen molar-refractivity contribution in [1.82, 2.24) is 10.1 Å². The summed E-state index contributed by atoms with van der Waals surface area (Å²) in [6.45, 7) is 5.62. The fourth-order valence-electron chi connectivity index (χ4n) is 2.66. The van der Waals surface area contributed by atoms with Crippen molar-refractivity contribution in [2.24, 2.45) is 11.7 Å². The van der Waals surface area contributed by atoms with Gasteiger partial charge in [-0.05, 0) is 12.3 Å². The van der Waals surface area contributed by atoms with E-state index in [-0.39, 0.29) is 6.04 Å². The largest absolute Gasteiger partial charge is 0.381 e. The van der Waals surface area contributed by atoms with Gasteiger partial charge in [-0.2, -0.15) is 4.98 Å². The lowest BCUT2D eigenvalue weighted by Gasteiger charge is -2.32. The molecule has 1 aliphatic heterocycles. The lowest BCUT2D eigenvalue weighted by Crippen LogP contribution is -2.36. The summed E-state index contributed by atoms with van der Waals surface area (Å²) in [6, 6.07) is 0.0523. The lowest BCUT2D eigenvalue weighted by molar-refractivity contribution is -0.101. The summed E-state index contributed by atoms with van der Waals surface area (Å²) in [7, 11) is 1.69. The van der Waals surface area contributed by atoms with Crippen LogP contribution in [0.1, 0.15) is 44.8 Å². The van der Waals surface area contributed by atoms with E-state index in [1.807, 2.05) is 0 Å². The Morgan fingerprint density at radius 3 is 2.65 bits per heavy atom. The summed E-state index contributed by atoms with van der Waals surface area (Å²) in [5.74, 6) is 1.78. The van der Waals surface area contributed by atoms with Crippen LogP contribution in [0.3, 0.4) is 0 Å². The van der Waals surface area contributed by atoms with Crippen LogP contribution in [-0.2, 0) is 21.5 Å². The molecule has 6 nitrogen and oxygen atoms in total. The molecule has 6 heteroatoms. The van der Waals surface area contributed by atoms with Crippen LogP contribution in [0, 0.1) is 5.92 Å². The van der Waals surface area contributed by atoms with Gasteiger partial charge in [0.15, 0.2) is 0 Å². The first-order chi connectivity index (χ1) is 9.55. The van der Waals surface area contributed by atoms with E-state index in [2.05, 4.69) is 24.0 Å². The quantitative estimate of drug-likeness (QED) is 0.854. The average Bonchev–Trinajstić information content (AvgIpc) is 2.87. The molecule has 0 spiro atoms. The van der Waals surface area contributed by atoms with Gasteiger partial charge in [-0.15, -0.1) is 0 Å². The van der Waals surface area contributed by atoms with Crippen molar-refractivity contribution < 1.29 is 14.0 Å². The Morgan fingerprint density at radius 2 is 2.05 bits per heavy atom. The lowest BCUT2D eigenvalue weighted by atomic mass is 9.93. The molecule has 1 aliphatic rings. The molecule has 0 saturated carbocycles. The summed E-state index contributed by atoms with van der Waals surface area (Å²) >= 11 is 0. The molecule has 2 N–H and O–H groups in total. The standard InChI is InChI=1S/C14H25N3O3/c1-10(2)8-11(15)9-12-16-13(17-20-12)14(18-3)4-6-19-7-5-14/h10-11H,4-9,15H2,1-3H3. The minimum atomic E-state index is -0.470. The van der Waals surface area contributed by atoms with Gasteiger partial charge in [0.2, 0.25) is 11.7 Å². The number of nitrogens with two attached hydrogens (primary N) is 1. The predicted octanol–water partition coefficient (Wildman–Crippen LogP) is 1.64. The van der Waals surface area contributed by atoms with Crippen molar-refractivity contribution in [2.75, 3.05) is 20.3 Å². The van der Waals surface area contributed by atoms with Gasteiger partial charge in [-0.25, -0.2) is 0 Å². The molecule has 20 heavy (non-hydrogen) atoms. The van der Waals surface area contributed by atoms with Gasteiger partial charge in [-0.1, -0.05) is 19.0 Å². The highest BCUT2D eigenvalue weighted by Gasteiger charge is 2.39. The van der Waals surface area contributed by atoms with Gasteiger partial charge in [0.25, 0.3) is 0 Å². The van der Waals surface area contributed by atoms with E-state index in [4.69, 9.17) is 19.7 Å². The van der Waals surface area contributed by atoms with Crippen LogP contribution in [0.25, 0.3) is 0 Å². The van der Waals surface area contributed by atoms with Crippen LogP contribution in [-0.4, -0.2) is 36.5 Å². The third-order valence-electron chi connectivity index (χ3n) is 3.78. The monoisotopic (exact) mass is 283 g/mol. The van der Waals surface area contributed by atoms with Crippen molar-refractivity contribution in [3.8, 4) is 0 Å². The molecule has 1 unspecified atom stereocenters. The fraction of sp³-hybridized carbons (Fsp3) is 0.857. The smallest absolute Gasteiger partial charge is 0.228 e. The number of ether oxygens (including phenoxy) is 2. The number of aromatic nitrogens is 2. The van der Waals surface area contributed by atoms with E-state index >= 15 is 0 Å². The summed E-state index contributed by atoms with van der Waals surface area (Å²) in [6.07, 6.45) is 3.06. The second-order valence-electron chi connectivity index (χ2n) is 5.92. The molecule has 2 rings (SSSR count). The third kappa shape index (κ3) is 3.56. The molecule has 1 aromatic heterocycles. The minimum Gasteiger partial charge on any atom is -0.381 e. The Hall–Kier alpha value is -0.980. The maximum atomic E-state index is 6.08. The molecule has 2 heterocycles. The predicted molar refractivity (Wildman–Crippen MR) is 74.2 cm³/mol. The van der Waals surface area contributed by atoms with Gasteiger partial charge in [0, 0.05) is 45.6 Å². The zero-order chi connectivity index (χ0) is 14.6. The van der Waals surface area contributed by atoms with E-state index < -0.39 is 5.60 Å². The topological polar surface area (TPSA) is 83.4 Å². The first kappa shape index (κ1) is 15.4. The molecule has 0 aromatic carbocycles. The second-order valence-corrected chi connectivity index (χ2v) is 5.92. The van der Waals surface area contributed by atoms with Crippen LogP contribution < -0.4 is 5.73 Å². The number of methoxy groups -OCH3 is 1. The Balaban J connectivity index is 2.03. The van der Waals surface area contributed by atoms with Gasteiger partial charge < -0.3 is 19.7 Å². The van der Waals surface area contributed by atoms with Crippen molar-refractivity contribution in [3.05, 3.63) is 11.7 Å². The van der Waals surface area contributed by atoms with Crippen molar-refractivity contribution in [1.29, 1.82) is 0 Å². The van der Waals surface area contributed by atoms with E-state index in [1.54, 1.807) is 7.11 Å². The molecule has 0 aliphatic carbocycles. The molecule has 1 saturated heterocycles. The Bertz CT molecular complexity index is 414. The van der Waals surface area contributed by atoms with E-state index in [0.29, 0.717) is 37.3 Å². The maximum absolute atomic E-state index is 6.08. The van der Waals surface area contributed by atoms with Crippen molar-refractivity contribution in [2.45, 2.75) is 51.2 Å². The van der Waals surface area contributed by atoms with E-state index in [0.717, 1.165) is 19.3 Å². The van der Waals surface area contributed by atoms with Crippen LogP contribution in [0.4, 0.5) is 0 Å². The van der Waals surface area contributed by atoms with Crippen LogP contribution in [0.2, 0.25) is 0 Å². The number of rotatable bonds is 6. The maximum Gasteiger partial charge on any atom is 0.228 e. The third-order valence-corrected chi connectivity index (χ3v) is 3.78. The molecule has 1 fully saturated rings. The van der Waals surface area contributed by atoms with Crippen molar-refractivity contribution >= 4 is 0 Å². The van der Waals surface area contributed by atoms with Crippen LogP contribution in [0.15, 0.2) is 4.52 Å². The average molecular weight is 283 g/mol. The van der Waals surface area contributed by atoms with Crippen molar-refractivity contribution in [3.63, 3.8) is 0 Å². The van der Waals surface area contributed by atoms with Gasteiger partial charge in [0.05, 0.1) is 0 Å². The van der Waals surface area contributed by atoms with Crippen LogP contribution in [0.5, 0.6) is 0 Å². The molecule has 1 atom stereocenters. The van der Waals surface area contributed by atoms with Gasteiger partial charge in [0.1, 0.15) is 5.60 Å². The number of nitrogens with zero attached hydrogens (tertiary/aromatic N) is 2. The molecule has 1 aromatic rings. The zero-order valence-electron chi connectivity index (χ0n) is 12.6. The Kier molecular flexibility index (Phi) is 5.12. The molecule has 0 radical (unpaired) electrons. The Labute approximate surface area is 120 Å². The van der Waals surface area contributed by atoms with Gasteiger partial charge >= 0.3 is 0 Å². The molecule has 114 valence electrons. The van der Waals surface area contributed by atoms with Gasteiger partial charge in [-0.3, -0.25) is 0 Å². The molecule has 0 amide bonds. The highest BCUT2D eigenvalue weighted by Crippen LogP contribution is 2.33. The normalized spacial score (nSPS) is 20.2. The summed E-state index contributed by atoms with van der Waals surface area (Å²) in [4.78, 5) is 4.49. The summed E-state index contributed by atoms with van der Waals surface area (Å²) < 4.78 is 16.4. The molecular formula is C14H25N3O3.